The second kappa shape index (κ2) is 8.51. The van der Waals surface area contributed by atoms with Crippen LogP contribution in [0.2, 0.25) is 10.0 Å². The number of nitrogens with zero attached hydrogens (tertiary/aromatic N) is 2. The quantitative estimate of drug-likeness (QED) is 0.429. The monoisotopic (exact) mass is 418 g/mol. The average Bonchev–Trinajstić information content (AvgIpc) is 2.66. The van der Waals surface area contributed by atoms with E-state index in [4.69, 9.17) is 27.9 Å². The van der Waals surface area contributed by atoms with Gasteiger partial charge in [0.25, 0.3) is 0 Å². The lowest BCUT2D eigenvalue weighted by molar-refractivity contribution is 0.301. The minimum Gasteiger partial charge on any atom is -0.488 e. The van der Waals surface area contributed by atoms with Crippen LogP contribution in [0, 0.1) is 27.7 Å². The van der Waals surface area contributed by atoms with E-state index < -0.39 is 0 Å². The molecule has 0 aliphatic heterocycles. The summed E-state index contributed by atoms with van der Waals surface area (Å²) >= 11 is 13.8. The molecule has 0 atom stereocenters. The average molecular weight is 419 g/mol. The van der Waals surface area contributed by atoms with Crippen molar-refractivity contribution < 1.29 is 4.74 Å². The van der Waals surface area contributed by atoms with Crippen LogP contribution in [0.3, 0.4) is 0 Å². The smallest absolute Gasteiger partial charge is 0.192 e. The first-order valence-corrected chi connectivity index (χ1v) is 10.1. The van der Waals surface area contributed by atoms with Crippen LogP contribution < -0.4 is 4.74 Å². The number of hydrogen-bond acceptors (Lipinski definition) is 4. The largest absolute Gasteiger partial charge is 0.488 e. The van der Waals surface area contributed by atoms with Gasteiger partial charge < -0.3 is 4.74 Å². The van der Waals surface area contributed by atoms with Gasteiger partial charge in [-0.3, -0.25) is 0 Å². The fourth-order valence-corrected chi connectivity index (χ4v) is 4.32. The number of rotatable bonds is 5. The molecule has 0 fully saturated rings. The molecule has 3 rings (SSSR count). The van der Waals surface area contributed by atoms with Gasteiger partial charge in [-0.1, -0.05) is 29.3 Å². The molecule has 0 bridgehead atoms. The normalized spacial score (nSPS) is 10.9. The molecule has 0 radical (unpaired) electrons. The minimum atomic E-state index is 0.394. The van der Waals surface area contributed by atoms with Gasteiger partial charge in [0.15, 0.2) is 5.16 Å². The predicted molar refractivity (Wildman–Crippen MR) is 112 cm³/mol. The van der Waals surface area contributed by atoms with E-state index >= 15 is 0 Å². The van der Waals surface area contributed by atoms with Crippen molar-refractivity contribution in [3.63, 3.8) is 0 Å². The number of benzene rings is 2. The Hall–Kier alpha value is -1.75. The van der Waals surface area contributed by atoms with Gasteiger partial charge >= 0.3 is 0 Å². The molecule has 27 heavy (non-hydrogen) atoms. The van der Waals surface area contributed by atoms with Crippen LogP contribution in [0.4, 0.5) is 0 Å². The van der Waals surface area contributed by atoms with Crippen molar-refractivity contribution in [2.45, 2.75) is 44.4 Å². The van der Waals surface area contributed by atoms with Gasteiger partial charge in [-0.2, -0.15) is 0 Å². The fraction of sp³-hybridized carbons (Fsp3) is 0.238. The zero-order chi connectivity index (χ0) is 19.6. The highest BCUT2D eigenvalue weighted by atomic mass is 35.5. The fourth-order valence-electron chi connectivity index (χ4n) is 2.83. The maximum atomic E-state index is 6.27. The van der Waals surface area contributed by atoms with Crippen molar-refractivity contribution in [1.29, 1.82) is 0 Å². The number of hydrogen-bond donors (Lipinski definition) is 0. The summed E-state index contributed by atoms with van der Waals surface area (Å²) < 4.78 is 6.17. The molecule has 0 amide bonds. The second-order valence-electron chi connectivity index (χ2n) is 6.32. The van der Waals surface area contributed by atoms with Crippen LogP contribution >= 0.6 is 35.0 Å². The van der Waals surface area contributed by atoms with Crippen LogP contribution in [0.15, 0.2) is 46.7 Å². The Morgan fingerprint density at radius 3 is 2.15 bits per heavy atom. The molecule has 6 heteroatoms. The van der Waals surface area contributed by atoms with E-state index in [1.54, 1.807) is 30.2 Å². The molecule has 1 aromatic heterocycles. The van der Waals surface area contributed by atoms with E-state index in [1.165, 1.54) is 16.0 Å². The van der Waals surface area contributed by atoms with E-state index in [9.17, 15) is 0 Å². The number of aromatic nitrogens is 2. The lowest BCUT2D eigenvalue weighted by Gasteiger charge is -2.20. The van der Waals surface area contributed by atoms with Gasteiger partial charge in [0.05, 0.1) is 0 Å². The molecule has 0 aliphatic rings. The molecular formula is C21H20Cl2N2OS. The Morgan fingerprint density at radius 2 is 1.56 bits per heavy atom. The van der Waals surface area contributed by atoms with Gasteiger partial charge in [0.1, 0.15) is 12.4 Å². The summed E-state index contributed by atoms with van der Waals surface area (Å²) in [6.07, 6.45) is 3.51. The van der Waals surface area contributed by atoms with Gasteiger partial charge in [0.2, 0.25) is 0 Å². The third-order valence-electron chi connectivity index (χ3n) is 4.61. The zero-order valence-electron chi connectivity index (χ0n) is 15.6. The number of ether oxygens (including phenoxy) is 1. The highest BCUT2D eigenvalue weighted by Crippen LogP contribution is 2.40. The minimum absolute atomic E-state index is 0.394. The van der Waals surface area contributed by atoms with E-state index in [0.29, 0.717) is 16.7 Å². The van der Waals surface area contributed by atoms with Crippen molar-refractivity contribution in [2.24, 2.45) is 0 Å². The van der Waals surface area contributed by atoms with Crippen molar-refractivity contribution >= 4 is 35.0 Å². The maximum absolute atomic E-state index is 6.27. The predicted octanol–water partition coefficient (Wildman–Crippen LogP) is 6.75. The third kappa shape index (κ3) is 4.40. The first-order valence-electron chi connectivity index (χ1n) is 8.50. The molecule has 0 saturated heterocycles. The van der Waals surface area contributed by atoms with Gasteiger partial charge in [-0.15, -0.1) is 0 Å². The SMILES string of the molecule is Cc1c(C)c(Sc2ncccn2)c(C)c(C)c1OCc1ccc(Cl)cc1Cl. The van der Waals surface area contributed by atoms with Crippen LogP contribution in [-0.4, -0.2) is 9.97 Å². The second-order valence-corrected chi connectivity index (χ2v) is 8.14. The Labute approximate surface area is 174 Å². The van der Waals surface area contributed by atoms with Crippen LogP contribution in [0.1, 0.15) is 27.8 Å². The molecule has 0 unspecified atom stereocenters. The topological polar surface area (TPSA) is 35.0 Å². The van der Waals surface area contributed by atoms with Crippen LogP contribution in [0.25, 0.3) is 0 Å². The van der Waals surface area contributed by atoms with Crippen molar-refractivity contribution in [1.82, 2.24) is 9.97 Å². The summed E-state index contributed by atoms with van der Waals surface area (Å²) in [7, 11) is 0. The highest BCUT2D eigenvalue weighted by Gasteiger charge is 2.18. The van der Waals surface area contributed by atoms with Crippen molar-refractivity contribution in [3.05, 3.63) is 74.5 Å². The first-order chi connectivity index (χ1) is 12.9. The summed E-state index contributed by atoms with van der Waals surface area (Å²) in [6, 6.07) is 7.27. The summed E-state index contributed by atoms with van der Waals surface area (Å²) in [5.74, 6) is 0.898. The van der Waals surface area contributed by atoms with E-state index in [2.05, 4.69) is 37.7 Å². The lowest BCUT2D eigenvalue weighted by atomic mass is 10.00. The summed E-state index contributed by atoms with van der Waals surface area (Å²) in [4.78, 5) is 9.83. The summed E-state index contributed by atoms with van der Waals surface area (Å²) in [5, 5.41) is 1.97. The first kappa shape index (κ1) is 20.0. The molecule has 2 aromatic carbocycles. The molecule has 140 valence electrons. The van der Waals surface area contributed by atoms with Crippen molar-refractivity contribution in [2.75, 3.05) is 0 Å². The highest BCUT2D eigenvalue weighted by molar-refractivity contribution is 7.99. The number of halogens is 2. The molecule has 1 heterocycles. The molecule has 3 aromatic rings. The van der Waals surface area contributed by atoms with E-state index in [-0.39, 0.29) is 0 Å². The van der Waals surface area contributed by atoms with Crippen molar-refractivity contribution in [3.8, 4) is 5.75 Å². The Kier molecular flexibility index (Phi) is 6.30. The Morgan fingerprint density at radius 1 is 0.926 bits per heavy atom. The molecule has 0 aliphatic carbocycles. The van der Waals surface area contributed by atoms with Crippen LogP contribution in [0.5, 0.6) is 5.75 Å². The Bertz CT molecular complexity index is 949. The molecular weight excluding hydrogens is 399 g/mol. The summed E-state index contributed by atoms with van der Waals surface area (Å²) in [5.41, 5.74) is 5.48. The van der Waals surface area contributed by atoms with Gasteiger partial charge in [-0.25, -0.2) is 9.97 Å². The standard InChI is InChI=1S/C21H20Cl2N2OS/c1-12-14(3)20(27-21-24-8-5-9-25-21)15(4)13(2)19(12)26-11-16-6-7-17(22)10-18(16)23/h5-10H,11H2,1-4H3. The lowest BCUT2D eigenvalue weighted by Crippen LogP contribution is -2.04. The molecule has 0 saturated carbocycles. The maximum Gasteiger partial charge on any atom is 0.192 e. The van der Waals surface area contributed by atoms with Crippen LogP contribution in [-0.2, 0) is 6.61 Å². The Balaban J connectivity index is 1.90. The van der Waals surface area contributed by atoms with E-state index in [0.717, 1.165) is 27.6 Å². The van der Waals surface area contributed by atoms with E-state index in [1.807, 2.05) is 18.2 Å². The van der Waals surface area contributed by atoms with Gasteiger partial charge in [0, 0.05) is 32.9 Å². The summed E-state index contributed by atoms with van der Waals surface area (Å²) in [6.45, 7) is 8.77. The van der Waals surface area contributed by atoms with Gasteiger partial charge in [-0.05, 0) is 79.9 Å². The zero-order valence-corrected chi connectivity index (χ0v) is 18.0. The third-order valence-corrected chi connectivity index (χ3v) is 6.41. The molecule has 0 spiro atoms. The molecule has 0 N–H and O–H groups in total. The molecule has 3 nitrogen and oxygen atoms in total.